The van der Waals surface area contributed by atoms with Crippen LogP contribution in [0.25, 0.3) is 0 Å². The summed E-state index contributed by atoms with van der Waals surface area (Å²) in [6.07, 6.45) is 1.11. The van der Waals surface area contributed by atoms with Crippen molar-refractivity contribution in [2.24, 2.45) is 5.73 Å². The minimum absolute atomic E-state index is 0.510. The molecule has 0 bridgehead atoms. The fraction of sp³-hybridized carbons (Fsp3) is 0.875. The van der Waals surface area contributed by atoms with Crippen molar-refractivity contribution in [1.29, 1.82) is 0 Å². The van der Waals surface area contributed by atoms with Gasteiger partial charge < -0.3 is 15.5 Å². The third-order valence-electron chi connectivity index (χ3n) is 1.73. The second-order valence-corrected chi connectivity index (χ2v) is 3.49. The van der Waals surface area contributed by atoms with E-state index in [1.807, 2.05) is 4.90 Å². The Hall–Kier alpha value is -0.350. The third kappa shape index (κ3) is 5.32. The number of rotatable bonds is 5. The molecule has 0 saturated carbocycles. The van der Waals surface area contributed by atoms with Gasteiger partial charge in [0.25, 0.3) is 0 Å². The van der Waals surface area contributed by atoms with Crippen LogP contribution in [-0.2, 0) is 0 Å². The van der Waals surface area contributed by atoms with Gasteiger partial charge >= 0.3 is 0 Å². The molecule has 0 fully saturated rings. The van der Waals surface area contributed by atoms with Crippen LogP contribution in [0.1, 0.15) is 13.3 Å². The van der Waals surface area contributed by atoms with Gasteiger partial charge in [-0.1, -0.05) is 0 Å². The number of hydrogen-bond donors (Lipinski definition) is 1. The maximum Gasteiger partial charge on any atom is 0.166 e. The molecule has 0 aliphatic carbocycles. The van der Waals surface area contributed by atoms with Crippen LogP contribution in [0.5, 0.6) is 0 Å². The first-order valence-corrected chi connectivity index (χ1v) is 4.67. The van der Waals surface area contributed by atoms with Gasteiger partial charge in [0.05, 0.1) is 0 Å². The third-order valence-corrected chi connectivity index (χ3v) is 1.98. The Kier molecular flexibility index (Phi) is 6.02. The molecule has 12 heavy (non-hydrogen) atoms. The van der Waals surface area contributed by atoms with Crippen LogP contribution in [0.2, 0.25) is 0 Å². The van der Waals surface area contributed by atoms with Gasteiger partial charge in [-0.2, -0.15) is 0 Å². The molecule has 3 nitrogen and oxygen atoms in total. The molecule has 0 amide bonds. The largest absolute Gasteiger partial charge is 0.376 e. The highest BCUT2D eigenvalue weighted by molar-refractivity contribution is 7.80. The van der Waals surface area contributed by atoms with E-state index in [0.29, 0.717) is 5.11 Å². The molecule has 0 saturated heterocycles. The quantitative estimate of drug-likeness (QED) is 0.639. The van der Waals surface area contributed by atoms with E-state index in [0.717, 1.165) is 26.1 Å². The number of hydrogen-bond acceptors (Lipinski definition) is 2. The van der Waals surface area contributed by atoms with E-state index >= 15 is 0 Å². The predicted octanol–water partition coefficient (Wildman–Crippen LogP) is 0.504. The topological polar surface area (TPSA) is 32.5 Å². The summed E-state index contributed by atoms with van der Waals surface area (Å²) in [5, 5.41) is 0.510. The molecule has 72 valence electrons. The molecular weight excluding hydrogens is 170 g/mol. The molecule has 0 radical (unpaired) electrons. The van der Waals surface area contributed by atoms with Crippen molar-refractivity contribution in [3.8, 4) is 0 Å². The predicted molar refractivity (Wildman–Crippen MR) is 57.2 cm³/mol. The highest BCUT2D eigenvalue weighted by Crippen LogP contribution is 1.92. The molecule has 4 heteroatoms. The normalized spacial score (nSPS) is 10.3. The zero-order valence-electron chi connectivity index (χ0n) is 8.21. The van der Waals surface area contributed by atoms with Crippen molar-refractivity contribution in [2.75, 3.05) is 33.7 Å². The van der Waals surface area contributed by atoms with Crippen molar-refractivity contribution in [3.63, 3.8) is 0 Å². The van der Waals surface area contributed by atoms with Gasteiger partial charge in [-0.05, 0) is 46.2 Å². The van der Waals surface area contributed by atoms with Crippen molar-refractivity contribution < 1.29 is 0 Å². The second-order valence-electron chi connectivity index (χ2n) is 3.07. The maximum absolute atomic E-state index is 5.51. The van der Waals surface area contributed by atoms with E-state index in [1.165, 1.54) is 0 Å². The first-order chi connectivity index (χ1) is 5.57. The first kappa shape index (κ1) is 11.6. The lowest BCUT2D eigenvalue weighted by Gasteiger charge is -2.21. The molecule has 2 N–H and O–H groups in total. The lowest BCUT2D eigenvalue weighted by Crippen LogP contribution is -2.36. The fourth-order valence-corrected chi connectivity index (χ4v) is 1.22. The summed E-state index contributed by atoms with van der Waals surface area (Å²) in [6.45, 7) is 5.01. The molecule has 0 aromatic rings. The molecule has 0 spiro atoms. The van der Waals surface area contributed by atoms with E-state index in [4.69, 9.17) is 18.0 Å². The highest BCUT2D eigenvalue weighted by Gasteiger charge is 2.02. The Morgan fingerprint density at radius 2 is 1.92 bits per heavy atom. The van der Waals surface area contributed by atoms with E-state index in [1.54, 1.807) is 0 Å². The van der Waals surface area contributed by atoms with Gasteiger partial charge in [-0.3, -0.25) is 0 Å². The first-order valence-electron chi connectivity index (χ1n) is 4.27. The summed E-state index contributed by atoms with van der Waals surface area (Å²) in [6, 6.07) is 0. The summed E-state index contributed by atoms with van der Waals surface area (Å²) >= 11 is 4.89. The molecule has 0 aliphatic heterocycles. The summed E-state index contributed by atoms with van der Waals surface area (Å²) < 4.78 is 0. The summed E-state index contributed by atoms with van der Waals surface area (Å²) in [4.78, 5) is 4.17. The van der Waals surface area contributed by atoms with E-state index in [2.05, 4.69) is 25.9 Å². The van der Waals surface area contributed by atoms with Crippen LogP contribution in [-0.4, -0.2) is 48.6 Å². The average Bonchev–Trinajstić information content (AvgIpc) is 1.96. The van der Waals surface area contributed by atoms with Crippen LogP contribution in [0.3, 0.4) is 0 Å². The Morgan fingerprint density at radius 3 is 2.25 bits per heavy atom. The van der Waals surface area contributed by atoms with Crippen LogP contribution < -0.4 is 5.73 Å². The molecule has 0 aromatic heterocycles. The van der Waals surface area contributed by atoms with Crippen LogP contribution in [0, 0.1) is 0 Å². The molecule has 0 rings (SSSR count). The van der Waals surface area contributed by atoms with Gasteiger partial charge in [0.1, 0.15) is 0 Å². The molecule has 0 atom stereocenters. The zero-order valence-corrected chi connectivity index (χ0v) is 9.02. The monoisotopic (exact) mass is 189 g/mol. The molecular formula is C8H19N3S. The van der Waals surface area contributed by atoms with Crippen molar-refractivity contribution in [2.45, 2.75) is 13.3 Å². The fourth-order valence-electron chi connectivity index (χ4n) is 1.00. The summed E-state index contributed by atoms with van der Waals surface area (Å²) in [5.74, 6) is 0. The Balaban J connectivity index is 3.52. The van der Waals surface area contributed by atoms with E-state index in [-0.39, 0.29) is 0 Å². The number of thiocarbonyl (C=S) groups is 1. The van der Waals surface area contributed by atoms with Gasteiger partial charge in [-0.15, -0.1) is 0 Å². The maximum atomic E-state index is 5.51. The smallest absolute Gasteiger partial charge is 0.166 e. The van der Waals surface area contributed by atoms with E-state index < -0.39 is 0 Å². The molecule has 0 heterocycles. The molecule has 0 unspecified atom stereocenters. The van der Waals surface area contributed by atoms with Crippen molar-refractivity contribution in [3.05, 3.63) is 0 Å². The SMILES string of the molecule is CCN(CCCN(C)C)C(N)=S. The van der Waals surface area contributed by atoms with Gasteiger partial charge in [0.15, 0.2) is 5.11 Å². The van der Waals surface area contributed by atoms with Crippen LogP contribution in [0.4, 0.5) is 0 Å². The van der Waals surface area contributed by atoms with Crippen molar-refractivity contribution >= 4 is 17.3 Å². The summed E-state index contributed by atoms with van der Waals surface area (Å²) in [5.41, 5.74) is 5.51. The number of nitrogens with two attached hydrogens (primary N) is 1. The lowest BCUT2D eigenvalue weighted by molar-refractivity contribution is 0.355. The van der Waals surface area contributed by atoms with Gasteiger partial charge in [0.2, 0.25) is 0 Å². The lowest BCUT2D eigenvalue weighted by atomic mass is 10.4. The van der Waals surface area contributed by atoms with Gasteiger partial charge in [-0.25, -0.2) is 0 Å². The number of nitrogens with zero attached hydrogens (tertiary/aromatic N) is 2. The van der Waals surface area contributed by atoms with Crippen LogP contribution >= 0.6 is 12.2 Å². The van der Waals surface area contributed by atoms with Crippen molar-refractivity contribution in [1.82, 2.24) is 9.80 Å². The molecule has 0 aromatic carbocycles. The van der Waals surface area contributed by atoms with Crippen LogP contribution in [0.15, 0.2) is 0 Å². The Morgan fingerprint density at radius 1 is 1.33 bits per heavy atom. The highest BCUT2D eigenvalue weighted by atomic mass is 32.1. The average molecular weight is 189 g/mol. The molecule has 0 aliphatic rings. The standard InChI is InChI=1S/C8H19N3S/c1-4-11(8(9)12)7-5-6-10(2)3/h4-7H2,1-3H3,(H2,9,12). The minimum Gasteiger partial charge on any atom is -0.376 e. The minimum atomic E-state index is 0.510. The van der Waals surface area contributed by atoms with Gasteiger partial charge in [0, 0.05) is 13.1 Å². The Bertz CT molecular complexity index is 136. The van der Waals surface area contributed by atoms with E-state index in [9.17, 15) is 0 Å². The second kappa shape index (κ2) is 6.20. The zero-order chi connectivity index (χ0) is 9.56. The Labute approximate surface area is 80.5 Å². The summed E-state index contributed by atoms with van der Waals surface area (Å²) in [7, 11) is 4.13.